The van der Waals surface area contributed by atoms with Crippen LogP contribution in [-0.4, -0.2) is 53.1 Å². The van der Waals surface area contributed by atoms with Gasteiger partial charge in [0.2, 0.25) is 0 Å². The normalized spacial score (nSPS) is 19.8. The maximum atomic E-state index is 8.68. The van der Waals surface area contributed by atoms with Crippen molar-refractivity contribution in [1.82, 2.24) is 9.88 Å². The number of hydrogen-bond donors (Lipinski definition) is 2. The van der Waals surface area contributed by atoms with Gasteiger partial charge in [0.25, 0.3) is 0 Å². The highest BCUT2D eigenvalue weighted by Gasteiger charge is 2.23. The second kappa shape index (κ2) is 5.68. The number of nitrogens with two attached hydrogens (primary N) is 1. The van der Waals surface area contributed by atoms with Crippen LogP contribution in [0.15, 0.2) is 29.7 Å². The molecule has 0 aromatic carbocycles. The molecule has 3 N–H and O–H groups in total. The van der Waals surface area contributed by atoms with Crippen LogP contribution in [0, 0.1) is 0 Å². The summed E-state index contributed by atoms with van der Waals surface area (Å²) in [6.45, 7) is 5.64. The molecule has 6 nitrogen and oxygen atoms in total. The van der Waals surface area contributed by atoms with Crippen molar-refractivity contribution in [3.8, 4) is 0 Å². The number of nitrogens with zero attached hydrogens (tertiary/aromatic N) is 4. The van der Waals surface area contributed by atoms with Gasteiger partial charge in [0.05, 0.1) is 6.04 Å². The zero-order chi connectivity index (χ0) is 13.0. The second-order valence-electron chi connectivity index (χ2n) is 4.43. The molecule has 6 heteroatoms. The summed E-state index contributed by atoms with van der Waals surface area (Å²) in [4.78, 5) is 8.55. The Hall–Kier alpha value is -1.82. The molecule has 2 rings (SSSR count). The van der Waals surface area contributed by atoms with Gasteiger partial charge in [-0.25, -0.2) is 0 Å². The zero-order valence-corrected chi connectivity index (χ0v) is 10.5. The van der Waals surface area contributed by atoms with E-state index in [1.54, 1.807) is 12.4 Å². The Morgan fingerprint density at radius 2 is 1.94 bits per heavy atom. The lowest BCUT2D eigenvalue weighted by atomic mass is 10.2. The van der Waals surface area contributed by atoms with E-state index in [0.717, 1.165) is 26.2 Å². The van der Waals surface area contributed by atoms with E-state index in [2.05, 4.69) is 19.9 Å². The van der Waals surface area contributed by atoms with E-state index in [4.69, 9.17) is 10.9 Å². The summed E-state index contributed by atoms with van der Waals surface area (Å²) < 4.78 is 0. The van der Waals surface area contributed by atoms with E-state index >= 15 is 0 Å². The molecule has 1 fully saturated rings. The summed E-state index contributed by atoms with van der Waals surface area (Å²) >= 11 is 0. The number of rotatable bonds is 3. The van der Waals surface area contributed by atoms with Crippen LogP contribution in [0.4, 0.5) is 5.69 Å². The zero-order valence-electron chi connectivity index (χ0n) is 10.5. The van der Waals surface area contributed by atoms with Crippen LogP contribution in [0.3, 0.4) is 0 Å². The number of piperazine rings is 1. The summed E-state index contributed by atoms with van der Waals surface area (Å²) in [5.41, 5.74) is 6.83. The van der Waals surface area contributed by atoms with Gasteiger partial charge in [-0.3, -0.25) is 9.88 Å². The van der Waals surface area contributed by atoms with Gasteiger partial charge >= 0.3 is 0 Å². The lowest BCUT2D eigenvalue weighted by molar-refractivity contribution is 0.230. The monoisotopic (exact) mass is 249 g/mol. The van der Waals surface area contributed by atoms with Gasteiger partial charge in [0, 0.05) is 44.3 Å². The van der Waals surface area contributed by atoms with E-state index in [-0.39, 0.29) is 11.9 Å². The predicted molar refractivity (Wildman–Crippen MR) is 70.9 cm³/mol. The van der Waals surface area contributed by atoms with E-state index in [1.807, 2.05) is 19.1 Å². The Kier molecular flexibility index (Phi) is 3.99. The molecule has 0 radical (unpaired) electrons. The Morgan fingerprint density at radius 1 is 1.33 bits per heavy atom. The molecule has 1 atom stereocenters. The van der Waals surface area contributed by atoms with Crippen molar-refractivity contribution < 1.29 is 5.21 Å². The second-order valence-corrected chi connectivity index (χ2v) is 4.43. The van der Waals surface area contributed by atoms with Crippen LogP contribution in [0.2, 0.25) is 0 Å². The third-order valence-corrected chi connectivity index (χ3v) is 3.43. The van der Waals surface area contributed by atoms with Crippen molar-refractivity contribution in [2.45, 2.75) is 13.0 Å². The quantitative estimate of drug-likeness (QED) is 0.349. The first kappa shape index (κ1) is 12.6. The molecule has 0 spiro atoms. The standard InChI is InChI=1S/C12H19N5O/c1-10(12(13)15-18)16-6-8-17(9-7-16)11-2-4-14-5-3-11/h2-5,10,18H,6-9H2,1H3,(H2,13,15). The van der Waals surface area contributed by atoms with Crippen LogP contribution in [0.5, 0.6) is 0 Å². The van der Waals surface area contributed by atoms with Crippen LogP contribution in [-0.2, 0) is 0 Å². The van der Waals surface area contributed by atoms with E-state index < -0.39 is 0 Å². The first-order chi connectivity index (χ1) is 8.72. The van der Waals surface area contributed by atoms with Crippen LogP contribution < -0.4 is 10.6 Å². The number of anilines is 1. The van der Waals surface area contributed by atoms with Gasteiger partial charge < -0.3 is 15.8 Å². The lowest BCUT2D eigenvalue weighted by Crippen LogP contribution is -2.53. The molecule has 0 amide bonds. The average Bonchev–Trinajstić information content (AvgIpc) is 2.47. The van der Waals surface area contributed by atoms with E-state index in [0.29, 0.717) is 0 Å². The first-order valence-electron chi connectivity index (χ1n) is 6.09. The molecule has 98 valence electrons. The number of hydrogen-bond acceptors (Lipinski definition) is 5. The van der Waals surface area contributed by atoms with Crippen LogP contribution in [0.25, 0.3) is 0 Å². The van der Waals surface area contributed by atoms with Gasteiger partial charge in [0.1, 0.15) is 0 Å². The number of oxime groups is 1. The molecule has 1 aliphatic rings. The van der Waals surface area contributed by atoms with Crippen LogP contribution in [0.1, 0.15) is 6.92 Å². The fourth-order valence-electron chi connectivity index (χ4n) is 2.19. The topological polar surface area (TPSA) is 78.0 Å². The molecule has 1 saturated heterocycles. The molecular weight excluding hydrogens is 230 g/mol. The summed E-state index contributed by atoms with van der Waals surface area (Å²) in [7, 11) is 0. The Morgan fingerprint density at radius 3 is 2.50 bits per heavy atom. The SMILES string of the molecule is CC(C(N)=NO)N1CCN(c2ccncc2)CC1. The minimum absolute atomic E-state index is 0.0189. The average molecular weight is 249 g/mol. The van der Waals surface area contributed by atoms with Gasteiger partial charge in [-0.1, -0.05) is 5.16 Å². The molecule has 0 aliphatic carbocycles. The van der Waals surface area contributed by atoms with E-state index in [9.17, 15) is 0 Å². The molecule has 1 aromatic heterocycles. The van der Waals surface area contributed by atoms with Crippen LogP contribution >= 0.6 is 0 Å². The highest BCUT2D eigenvalue weighted by molar-refractivity contribution is 5.84. The number of aromatic nitrogens is 1. The maximum Gasteiger partial charge on any atom is 0.156 e. The van der Waals surface area contributed by atoms with Crippen molar-refractivity contribution in [3.63, 3.8) is 0 Å². The summed E-state index contributed by atoms with van der Waals surface area (Å²) in [5.74, 6) is 0.271. The smallest absolute Gasteiger partial charge is 0.156 e. The Balaban J connectivity index is 1.92. The van der Waals surface area contributed by atoms with Gasteiger partial charge in [0.15, 0.2) is 5.84 Å². The Labute approximate surface area is 107 Å². The van der Waals surface area contributed by atoms with Crippen molar-refractivity contribution in [2.75, 3.05) is 31.1 Å². The van der Waals surface area contributed by atoms with E-state index in [1.165, 1.54) is 5.69 Å². The van der Waals surface area contributed by atoms with Gasteiger partial charge in [-0.05, 0) is 19.1 Å². The minimum atomic E-state index is -0.0189. The summed E-state index contributed by atoms with van der Waals surface area (Å²) in [6.07, 6.45) is 3.61. The fourth-order valence-corrected chi connectivity index (χ4v) is 2.19. The largest absolute Gasteiger partial charge is 0.409 e. The molecule has 1 aliphatic heterocycles. The summed E-state index contributed by atoms with van der Waals surface area (Å²) in [6, 6.07) is 4.01. The third kappa shape index (κ3) is 2.70. The van der Waals surface area contributed by atoms with Crippen molar-refractivity contribution >= 4 is 11.5 Å². The fraction of sp³-hybridized carbons (Fsp3) is 0.500. The highest BCUT2D eigenvalue weighted by atomic mass is 16.4. The maximum absolute atomic E-state index is 8.68. The molecule has 1 aromatic rings. The predicted octanol–water partition coefficient (Wildman–Crippen LogP) is 0.339. The number of amidine groups is 1. The Bertz CT molecular complexity index is 400. The molecule has 0 saturated carbocycles. The molecular formula is C12H19N5O. The number of pyridine rings is 1. The molecule has 2 heterocycles. The molecule has 0 bridgehead atoms. The first-order valence-corrected chi connectivity index (χ1v) is 6.09. The van der Waals surface area contributed by atoms with Crippen molar-refractivity contribution in [1.29, 1.82) is 0 Å². The summed E-state index contributed by atoms with van der Waals surface area (Å²) in [5, 5.41) is 11.8. The van der Waals surface area contributed by atoms with Crippen molar-refractivity contribution in [2.24, 2.45) is 10.9 Å². The van der Waals surface area contributed by atoms with Crippen molar-refractivity contribution in [3.05, 3.63) is 24.5 Å². The lowest BCUT2D eigenvalue weighted by Gasteiger charge is -2.38. The minimum Gasteiger partial charge on any atom is -0.409 e. The molecule has 18 heavy (non-hydrogen) atoms. The van der Waals surface area contributed by atoms with Gasteiger partial charge in [-0.15, -0.1) is 0 Å². The van der Waals surface area contributed by atoms with Gasteiger partial charge in [-0.2, -0.15) is 0 Å². The highest BCUT2D eigenvalue weighted by Crippen LogP contribution is 2.15. The molecule has 1 unspecified atom stereocenters. The third-order valence-electron chi connectivity index (χ3n) is 3.43.